The molecule has 0 aliphatic carbocycles. The third-order valence-corrected chi connectivity index (χ3v) is 5.10. The number of anilines is 2. The van der Waals surface area contributed by atoms with Crippen molar-refractivity contribution >= 4 is 45.7 Å². The van der Waals surface area contributed by atoms with Gasteiger partial charge < -0.3 is 15.6 Å². The molecule has 0 spiro atoms. The van der Waals surface area contributed by atoms with Gasteiger partial charge in [0.2, 0.25) is 0 Å². The maximum absolute atomic E-state index is 12.9. The fraction of sp³-hybridized carbons (Fsp3) is 0.150. The SMILES string of the molecule is CN(C)c1nn(-c2c(Cl)cccc2Cl)c2nc(Cc3ccc(N)cc3)[nH]c(=O)c12. The van der Waals surface area contributed by atoms with Crippen molar-refractivity contribution < 1.29 is 0 Å². The lowest BCUT2D eigenvalue weighted by Gasteiger charge is -2.09. The molecule has 2 heterocycles. The van der Waals surface area contributed by atoms with Crippen molar-refractivity contribution in [2.24, 2.45) is 0 Å². The van der Waals surface area contributed by atoms with Crippen LogP contribution in [0.15, 0.2) is 47.3 Å². The van der Waals surface area contributed by atoms with Gasteiger partial charge in [0.25, 0.3) is 5.56 Å². The van der Waals surface area contributed by atoms with Crippen LogP contribution >= 0.6 is 23.2 Å². The van der Waals surface area contributed by atoms with Crippen LogP contribution in [-0.4, -0.2) is 33.8 Å². The zero-order valence-corrected chi connectivity index (χ0v) is 17.3. The lowest BCUT2D eigenvalue weighted by molar-refractivity contribution is 0.869. The summed E-state index contributed by atoms with van der Waals surface area (Å²) in [6, 6.07) is 12.6. The summed E-state index contributed by atoms with van der Waals surface area (Å²) in [7, 11) is 3.62. The van der Waals surface area contributed by atoms with Gasteiger partial charge in [-0.15, -0.1) is 5.10 Å². The summed E-state index contributed by atoms with van der Waals surface area (Å²) in [6.45, 7) is 0. The maximum Gasteiger partial charge on any atom is 0.264 e. The molecule has 2 aromatic carbocycles. The van der Waals surface area contributed by atoms with E-state index in [4.69, 9.17) is 28.9 Å². The number of fused-ring (bicyclic) bond motifs is 1. The Hall–Kier alpha value is -3.03. The standard InChI is InChI=1S/C20H18Cl2N6O/c1-27(2)19-16-18(28(26-19)17-13(21)4-3-5-14(17)22)24-15(25-20(16)29)10-11-6-8-12(23)9-7-11/h3-9H,10,23H2,1-2H3,(H,24,25,29). The van der Waals surface area contributed by atoms with Gasteiger partial charge >= 0.3 is 0 Å². The molecular formula is C20H18Cl2N6O. The van der Waals surface area contributed by atoms with Crippen molar-refractivity contribution in [3.8, 4) is 5.69 Å². The minimum absolute atomic E-state index is 0.279. The number of nitrogen functional groups attached to an aromatic ring is 1. The highest BCUT2D eigenvalue weighted by Crippen LogP contribution is 2.32. The lowest BCUT2D eigenvalue weighted by atomic mass is 10.1. The molecule has 0 radical (unpaired) electrons. The average Bonchev–Trinajstić information content (AvgIpc) is 3.04. The van der Waals surface area contributed by atoms with E-state index >= 15 is 0 Å². The Balaban J connectivity index is 1.95. The van der Waals surface area contributed by atoms with E-state index in [0.717, 1.165) is 5.56 Å². The van der Waals surface area contributed by atoms with E-state index in [9.17, 15) is 4.79 Å². The first-order chi connectivity index (χ1) is 13.8. The summed E-state index contributed by atoms with van der Waals surface area (Å²) in [6.07, 6.45) is 0.435. The molecule has 29 heavy (non-hydrogen) atoms. The second-order valence-electron chi connectivity index (χ2n) is 6.83. The van der Waals surface area contributed by atoms with E-state index < -0.39 is 0 Å². The summed E-state index contributed by atoms with van der Waals surface area (Å²) in [5, 5.41) is 5.77. The van der Waals surface area contributed by atoms with E-state index in [2.05, 4.69) is 15.1 Å². The van der Waals surface area contributed by atoms with Gasteiger partial charge in [-0.2, -0.15) is 0 Å². The van der Waals surface area contributed by atoms with Crippen LogP contribution < -0.4 is 16.2 Å². The summed E-state index contributed by atoms with van der Waals surface area (Å²) < 4.78 is 1.52. The van der Waals surface area contributed by atoms with Crippen LogP contribution in [0.5, 0.6) is 0 Å². The second kappa shape index (κ2) is 7.42. The Kier molecular flexibility index (Phi) is 4.94. The molecule has 0 unspecified atom stereocenters. The third kappa shape index (κ3) is 3.54. The van der Waals surface area contributed by atoms with Gasteiger partial charge in [-0.25, -0.2) is 9.67 Å². The number of aromatic nitrogens is 4. The van der Waals surface area contributed by atoms with Crippen LogP contribution in [0.1, 0.15) is 11.4 Å². The van der Waals surface area contributed by atoms with Crippen LogP contribution in [0, 0.1) is 0 Å². The van der Waals surface area contributed by atoms with Crippen molar-refractivity contribution in [1.82, 2.24) is 19.7 Å². The number of nitrogens with zero attached hydrogens (tertiary/aromatic N) is 4. The molecule has 2 aromatic heterocycles. The van der Waals surface area contributed by atoms with Gasteiger partial charge in [-0.3, -0.25) is 4.79 Å². The normalized spacial score (nSPS) is 11.2. The monoisotopic (exact) mass is 428 g/mol. The number of benzene rings is 2. The Labute approximate surface area is 176 Å². The zero-order valence-electron chi connectivity index (χ0n) is 15.8. The number of para-hydroxylation sites is 1. The largest absolute Gasteiger partial charge is 0.399 e. The first-order valence-electron chi connectivity index (χ1n) is 8.83. The molecule has 7 nitrogen and oxygen atoms in total. The van der Waals surface area contributed by atoms with Crippen LogP contribution in [0.4, 0.5) is 11.5 Å². The topological polar surface area (TPSA) is 92.8 Å². The van der Waals surface area contributed by atoms with Crippen LogP contribution in [-0.2, 0) is 6.42 Å². The molecule has 3 N–H and O–H groups in total. The summed E-state index contributed by atoms with van der Waals surface area (Å²) in [4.78, 5) is 22.2. The molecule has 4 rings (SSSR count). The van der Waals surface area contributed by atoms with Crippen LogP contribution in [0.2, 0.25) is 10.0 Å². The number of nitrogens with one attached hydrogen (secondary N) is 1. The number of H-pyrrole nitrogens is 1. The first kappa shape index (κ1) is 19.3. The van der Waals surface area contributed by atoms with E-state index in [1.165, 1.54) is 4.68 Å². The molecular weight excluding hydrogens is 411 g/mol. The summed E-state index contributed by atoms with van der Waals surface area (Å²) >= 11 is 12.8. The zero-order chi connectivity index (χ0) is 20.7. The fourth-order valence-electron chi connectivity index (χ4n) is 3.13. The third-order valence-electron chi connectivity index (χ3n) is 4.49. The second-order valence-corrected chi connectivity index (χ2v) is 7.64. The van der Waals surface area contributed by atoms with E-state index in [-0.39, 0.29) is 5.56 Å². The number of nitrogens with two attached hydrogens (primary N) is 1. The molecule has 0 aliphatic rings. The summed E-state index contributed by atoms with van der Waals surface area (Å²) in [5.41, 5.74) is 7.98. The number of hydrogen-bond acceptors (Lipinski definition) is 5. The van der Waals surface area contributed by atoms with Gasteiger partial charge in [0.15, 0.2) is 11.5 Å². The number of halogens is 2. The van der Waals surface area contributed by atoms with Crippen molar-refractivity contribution in [1.29, 1.82) is 0 Å². The number of hydrogen-bond donors (Lipinski definition) is 2. The molecule has 148 valence electrons. The van der Waals surface area contributed by atoms with Crippen molar-refractivity contribution in [3.63, 3.8) is 0 Å². The Morgan fingerprint density at radius 2 is 1.76 bits per heavy atom. The molecule has 0 atom stereocenters. The fourth-order valence-corrected chi connectivity index (χ4v) is 3.68. The van der Waals surface area contributed by atoms with E-state index in [1.54, 1.807) is 23.1 Å². The minimum Gasteiger partial charge on any atom is -0.399 e. The predicted octanol–water partition coefficient (Wildman–Crippen LogP) is 3.65. The van der Waals surface area contributed by atoms with E-state index in [0.29, 0.717) is 50.5 Å². The molecule has 0 bridgehead atoms. The molecule has 0 fully saturated rings. The molecule has 4 aromatic rings. The Bertz CT molecular complexity index is 1240. The highest BCUT2D eigenvalue weighted by Gasteiger charge is 2.22. The van der Waals surface area contributed by atoms with Gasteiger partial charge in [-0.1, -0.05) is 41.4 Å². The van der Waals surface area contributed by atoms with Gasteiger partial charge in [0.05, 0.1) is 10.0 Å². The molecule has 0 aliphatic heterocycles. The highest BCUT2D eigenvalue weighted by molar-refractivity contribution is 6.37. The first-order valence-corrected chi connectivity index (χ1v) is 9.59. The number of rotatable bonds is 4. The highest BCUT2D eigenvalue weighted by atomic mass is 35.5. The lowest BCUT2D eigenvalue weighted by Crippen LogP contribution is -2.16. The van der Waals surface area contributed by atoms with Gasteiger partial charge in [0, 0.05) is 26.2 Å². The van der Waals surface area contributed by atoms with Crippen molar-refractivity contribution in [2.45, 2.75) is 6.42 Å². The maximum atomic E-state index is 12.9. The molecule has 0 saturated carbocycles. The minimum atomic E-state index is -0.279. The number of aromatic amines is 1. The van der Waals surface area contributed by atoms with Gasteiger partial charge in [-0.05, 0) is 29.8 Å². The average molecular weight is 429 g/mol. The Morgan fingerprint density at radius 1 is 1.10 bits per heavy atom. The van der Waals surface area contributed by atoms with Crippen molar-refractivity contribution in [3.05, 3.63) is 74.3 Å². The predicted molar refractivity (Wildman–Crippen MR) is 117 cm³/mol. The van der Waals surface area contributed by atoms with Gasteiger partial charge in [0.1, 0.15) is 16.9 Å². The summed E-state index contributed by atoms with van der Waals surface area (Å²) in [5.74, 6) is 0.977. The molecule has 0 amide bonds. The van der Waals surface area contributed by atoms with Crippen molar-refractivity contribution in [2.75, 3.05) is 24.7 Å². The quantitative estimate of drug-likeness (QED) is 0.483. The van der Waals surface area contributed by atoms with Crippen LogP contribution in [0.25, 0.3) is 16.7 Å². The van der Waals surface area contributed by atoms with Crippen LogP contribution in [0.3, 0.4) is 0 Å². The Morgan fingerprint density at radius 3 is 2.38 bits per heavy atom. The molecule has 0 saturated heterocycles. The molecule has 9 heteroatoms. The smallest absolute Gasteiger partial charge is 0.264 e. The van der Waals surface area contributed by atoms with E-state index in [1.807, 2.05) is 38.4 Å².